The van der Waals surface area contributed by atoms with Crippen molar-refractivity contribution in [1.82, 2.24) is 4.90 Å². The monoisotopic (exact) mass is 385 g/mol. The van der Waals surface area contributed by atoms with Crippen molar-refractivity contribution in [2.45, 2.75) is 37.1 Å². The van der Waals surface area contributed by atoms with Crippen LogP contribution in [0.25, 0.3) is 0 Å². The Bertz CT molecular complexity index is 730. The number of anilines is 1. The van der Waals surface area contributed by atoms with Crippen molar-refractivity contribution in [1.29, 1.82) is 0 Å². The van der Waals surface area contributed by atoms with Gasteiger partial charge in [0.25, 0.3) is 5.91 Å². The van der Waals surface area contributed by atoms with Gasteiger partial charge in [-0.3, -0.25) is 9.59 Å². The van der Waals surface area contributed by atoms with Crippen molar-refractivity contribution < 1.29 is 22.8 Å². The number of amidine groups is 1. The highest BCUT2D eigenvalue weighted by molar-refractivity contribution is 8.15. The predicted octanol–water partition coefficient (Wildman–Crippen LogP) is 3.52. The van der Waals surface area contributed by atoms with E-state index in [1.807, 2.05) is 0 Å². The fourth-order valence-corrected chi connectivity index (χ4v) is 4.00. The van der Waals surface area contributed by atoms with E-state index in [-0.39, 0.29) is 18.0 Å². The van der Waals surface area contributed by atoms with Crippen LogP contribution in [0.5, 0.6) is 0 Å². The maximum absolute atomic E-state index is 12.7. The summed E-state index contributed by atoms with van der Waals surface area (Å²) in [6.45, 7) is 1.70. The topological polar surface area (TPSA) is 61.8 Å². The van der Waals surface area contributed by atoms with Gasteiger partial charge in [-0.25, -0.2) is 0 Å². The maximum atomic E-state index is 12.7. The van der Waals surface area contributed by atoms with Crippen LogP contribution in [-0.4, -0.2) is 40.2 Å². The van der Waals surface area contributed by atoms with Gasteiger partial charge in [0.1, 0.15) is 5.25 Å². The number of benzene rings is 1. The molecule has 3 rings (SSSR count). The molecule has 0 aliphatic carbocycles. The minimum absolute atomic E-state index is 0.0532. The minimum atomic E-state index is -4.48. The lowest BCUT2D eigenvalue weighted by molar-refractivity contribution is -0.137. The Morgan fingerprint density at radius 3 is 2.69 bits per heavy atom. The zero-order chi connectivity index (χ0) is 18.7. The van der Waals surface area contributed by atoms with Gasteiger partial charge in [0.2, 0.25) is 5.91 Å². The summed E-state index contributed by atoms with van der Waals surface area (Å²) in [4.78, 5) is 30.3. The van der Waals surface area contributed by atoms with E-state index in [4.69, 9.17) is 0 Å². The molecule has 1 fully saturated rings. The van der Waals surface area contributed by atoms with Crippen LogP contribution in [0.4, 0.5) is 18.9 Å². The fraction of sp³-hybridized carbons (Fsp3) is 0.471. The number of halogens is 3. The molecule has 2 amide bonds. The van der Waals surface area contributed by atoms with E-state index >= 15 is 0 Å². The number of carbonyl (C=O) groups excluding carboxylic acids is 2. The van der Waals surface area contributed by atoms with Gasteiger partial charge < -0.3 is 10.2 Å². The Morgan fingerprint density at radius 1 is 1.27 bits per heavy atom. The molecular formula is C17H18F3N3O2S. The van der Waals surface area contributed by atoms with Crippen molar-refractivity contribution in [3.8, 4) is 0 Å². The van der Waals surface area contributed by atoms with E-state index < -0.39 is 22.9 Å². The summed E-state index contributed by atoms with van der Waals surface area (Å²) in [6.07, 6.45) is -1.34. The highest BCUT2D eigenvalue weighted by Crippen LogP contribution is 2.31. The van der Waals surface area contributed by atoms with Crippen molar-refractivity contribution >= 4 is 34.4 Å². The molecule has 0 spiro atoms. The number of alkyl halides is 3. The number of likely N-dealkylation sites (tertiary alicyclic amines) is 1. The molecule has 1 saturated heterocycles. The average Bonchev–Trinajstić information content (AvgIpc) is 2.96. The summed E-state index contributed by atoms with van der Waals surface area (Å²) in [6, 6.07) is 4.42. The predicted molar refractivity (Wildman–Crippen MR) is 93.9 cm³/mol. The quantitative estimate of drug-likeness (QED) is 0.865. The Labute approximate surface area is 153 Å². The van der Waals surface area contributed by atoms with Crippen LogP contribution < -0.4 is 5.32 Å². The summed E-state index contributed by atoms with van der Waals surface area (Å²) in [5, 5.41) is 2.45. The second kappa shape index (κ2) is 7.69. The van der Waals surface area contributed by atoms with Gasteiger partial charge in [0, 0.05) is 25.2 Å². The number of rotatable bonds is 3. The first kappa shape index (κ1) is 18.8. The van der Waals surface area contributed by atoms with E-state index in [9.17, 15) is 22.8 Å². The molecule has 1 atom stereocenters. The van der Waals surface area contributed by atoms with E-state index in [0.717, 1.165) is 44.5 Å². The Balaban J connectivity index is 1.57. The molecule has 0 radical (unpaired) electrons. The first-order chi connectivity index (χ1) is 12.3. The van der Waals surface area contributed by atoms with E-state index in [2.05, 4.69) is 15.2 Å². The second-order valence-corrected chi connectivity index (χ2v) is 7.39. The number of nitrogens with one attached hydrogen (secondary N) is 1. The maximum Gasteiger partial charge on any atom is 0.416 e. The molecular weight excluding hydrogens is 367 g/mol. The highest BCUT2D eigenvalue weighted by atomic mass is 32.2. The average molecular weight is 385 g/mol. The smallest absolute Gasteiger partial charge is 0.351 e. The van der Waals surface area contributed by atoms with Gasteiger partial charge in [-0.05, 0) is 37.5 Å². The molecule has 0 saturated carbocycles. The van der Waals surface area contributed by atoms with Crippen molar-refractivity contribution in [2.24, 2.45) is 4.99 Å². The number of amides is 2. The highest BCUT2D eigenvalue weighted by Gasteiger charge is 2.34. The van der Waals surface area contributed by atoms with Crippen LogP contribution in [0, 0.1) is 0 Å². The van der Waals surface area contributed by atoms with Crippen LogP contribution in [0.3, 0.4) is 0 Å². The molecule has 2 heterocycles. The summed E-state index contributed by atoms with van der Waals surface area (Å²) in [7, 11) is 0. The number of nitrogens with zero attached hydrogens (tertiary/aromatic N) is 2. The van der Waals surface area contributed by atoms with Gasteiger partial charge in [-0.1, -0.05) is 17.8 Å². The molecule has 1 aromatic carbocycles. The SMILES string of the molecule is O=C(C[C@H]1SC(N2CCCCC2)=NC1=O)Nc1cccc(C(F)(F)F)c1. The van der Waals surface area contributed by atoms with Crippen molar-refractivity contribution in [3.63, 3.8) is 0 Å². The Hall–Kier alpha value is -2.03. The van der Waals surface area contributed by atoms with Crippen molar-refractivity contribution in [2.75, 3.05) is 18.4 Å². The van der Waals surface area contributed by atoms with E-state index in [1.165, 1.54) is 23.9 Å². The van der Waals surface area contributed by atoms with Crippen molar-refractivity contribution in [3.05, 3.63) is 29.8 Å². The van der Waals surface area contributed by atoms with E-state index in [0.29, 0.717) is 5.17 Å². The molecule has 140 valence electrons. The van der Waals surface area contributed by atoms with Gasteiger partial charge in [0.05, 0.1) is 5.56 Å². The third kappa shape index (κ3) is 4.57. The van der Waals surface area contributed by atoms with Crippen LogP contribution in [0.2, 0.25) is 0 Å². The van der Waals surface area contributed by atoms with Crippen LogP contribution in [0.15, 0.2) is 29.3 Å². The number of hydrogen-bond donors (Lipinski definition) is 1. The zero-order valence-corrected chi connectivity index (χ0v) is 14.7. The summed E-state index contributed by atoms with van der Waals surface area (Å²) in [5.74, 6) is -0.875. The molecule has 1 N–H and O–H groups in total. The molecule has 0 unspecified atom stereocenters. The minimum Gasteiger partial charge on any atom is -0.351 e. The van der Waals surface area contributed by atoms with Gasteiger partial charge in [-0.15, -0.1) is 0 Å². The largest absolute Gasteiger partial charge is 0.416 e. The molecule has 1 aromatic rings. The Morgan fingerprint density at radius 2 is 2.00 bits per heavy atom. The third-order valence-corrected chi connectivity index (χ3v) is 5.41. The molecule has 9 heteroatoms. The van der Waals surface area contributed by atoms with Gasteiger partial charge in [0.15, 0.2) is 5.17 Å². The zero-order valence-electron chi connectivity index (χ0n) is 13.9. The molecule has 2 aliphatic heterocycles. The lowest BCUT2D eigenvalue weighted by atomic mass is 10.1. The summed E-state index contributed by atoms with van der Waals surface area (Å²) >= 11 is 1.26. The third-order valence-electron chi connectivity index (χ3n) is 4.20. The van der Waals surface area contributed by atoms with Crippen LogP contribution in [-0.2, 0) is 15.8 Å². The Kier molecular flexibility index (Phi) is 5.55. The first-order valence-electron chi connectivity index (χ1n) is 8.34. The number of hydrogen-bond acceptors (Lipinski definition) is 4. The van der Waals surface area contributed by atoms with Crippen LogP contribution in [0.1, 0.15) is 31.2 Å². The standard InChI is InChI=1S/C17H18F3N3O2S/c18-17(19,20)11-5-4-6-12(9-11)21-14(24)10-13-15(25)22-16(26-13)23-7-2-1-3-8-23/h4-6,9,13H,1-3,7-8,10H2,(H,21,24)/t13-/m1/s1. The first-order valence-corrected chi connectivity index (χ1v) is 9.22. The molecule has 26 heavy (non-hydrogen) atoms. The number of aliphatic imine (C=N–C) groups is 1. The number of piperidine rings is 1. The van der Waals surface area contributed by atoms with Crippen LogP contribution >= 0.6 is 11.8 Å². The fourth-order valence-electron chi connectivity index (χ4n) is 2.88. The van der Waals surface area contributed by atoms with E-state index in [1.54, 1.807) is 0 Å². The molecule has 2 aliphatic rings. The second-order valence-electron chi connectivity index (χ2n) is 6.22. The summed E-state index contributed by atoms with van der Waals surface area (Å²) < 4.78 is 38.2. The number of carbonyl (C=O) groups is 2. The summed E-state index contributed by atoms with van der Waals surface area (Å²) in [5.41, 5.74) is -0.783. The lowest BCUT2D eigenvalue weighted by Gasteiger charge is -2.27. The molecule has 0 aromatic heterocycles. The van der Waals surface area contributed by atoms with Gasteiger partial charge >= 0.3 is 6.18 Å². The normalized spacial score (nSPS) is 20.9. The molecule has 5 nitrogen and oxygen atoms in total. The lowest BCUT2D eigenvalue weighted by Crippen LogP contribution is -2.33. The number of thioether (sulfide) groups is 1. The van der Waals surface area contributed by atoms with Gasteiger partial charge in [-0.2, -0.15) is 18.2 Å². The molecule has 0 bridgehead atoms.